The van der Waals surface area contributed by atoms with E-state index in [0.29, 0.717) is 12.2 Å². The van der Waals surface area contributed by atoms with Crippen LogP contribution in [-0.4, -0.2) is 24.4 Å². The molecule has 1 saturated carbocycles. The Hall–Kier alpha value is -0.0800. The Labute approximate surface area is 111 Å². The second kappa shape index (κ2) is 4.79. The summed E-state index contributed by atoms with van der Waals surface area (Å²) in [7, 11) is 0. The number of hydrogen-bond donors (Lipinski definition) is 0. The van der Waals surface area contributed by atoms with Crippen LogP contribution in [0.4, 0.5) is 0 Å². The highest BCUT2D eigenvalue weighted by Crippen LogP contribution is 2.53. The zero-order chi connectivity index (χ0) is 12.8. The molecule has 0 aromatic heterocycles. The van der Waals surface area contributed by atoms with Gasteiger partial charge >= 0.3 is 0 Å². The predicted molar refractivity (Wildman–Crippen MR) is 72.5 cm³/mol. The first-order valence-corrected chi connectivity index (χ1v) is 7.93. The summed E-state index contributed by atoms with van der Waals surface area (Å²) in [4.78, 5) is 0. The van der Waals surface area contributed by atoms with E-state index in [4.69, 9.17) is 9.47 Å². The molecule has 2 nitrogen and oxygen atoms in total. The van der Waals surface area contributed by atoms with Crippen molar-refractivity contribution >= 4 is 0 Å². The van der Waals surface area contributed by atoms with Gasteiger partial charge in [-0.3, -0.25) is 0 Å². The smallest absolute Gasteiger partial charge is 0.0923 e. The summed E-state index contributed by atoms with van der Waals surface area (Å²) in [6, 6.07) is 0. The molecular weight excluding hydrogens is 224 g/mol. The fourth-order valence-corrected chi connectivity index (χ4v) is 4.68. The predicted octanol–water partition coefficient (Wildman–Crippen LogP) is 3.79. The molecule has 2 aliphatic heterocycles. The van der Waals surface area contributed by atoms with Crippen molar-refractivity contribution in [2.75, 3.05) is 6.61 Å². The first-order valence-electron chi connectivity index (χ1n) is 7.93. The van der Waals surface area contributed by atoms with E-state index in [2.05, 4.69) is 20.8 Å². The quantitative estimate of drug-likeness (QED) is 0.713. The molecule has 0 aromatic carbocycles. The Morgan fingerprint density at radius 1 is 1.28 bits per heavy atom. The molecule has 0 spiro atoms. The number of epoxide rings is 1. The average Bonchev–Trinajstić information content (AvgIpc) is 3.03. The van der Waals surface area contributed by atoms with Crippen LogP contribution in [0.2, 0.25) is 0 Å². The molecule has 3 rings (SSSR count). The largest absolute Gasteiger partial charge is 0.378 e. The number of rotatable bonds is 3. The molecule has 3 aliphatic rings. The molecule has 1 aliphatic carbocycles. The van der Waals surface area contributed by atoms with Gasteiger partial charge in [0.1, 0.15) is 0 Å². The molecule has 6 atom stereocenters. The van der Waals surface area contributed by atoms with E-state index >= 15 is 0 Å². The van der Waals surface area contributed by atoms with E-state index in [-0.39, 0.29) is 5.60 Å². The molecule has 104 valence electrons. The van der Waals surface area contributed by atoms with Gasteiger partial charge in [-0.1, -0.05) is 13.3 Å². The van der Waals surface area contributed by atoms with Gasteiger partial charge in [0, 0.05) is 6.61 Å². The SMILES string of the molecule is CCC(C1CCC2OC2(C)C1)C1CCCOC1C. The molecule has 18 heavy (non-hydrogen) atoms. The van der Waals surface area contributed by atoms with Gasteiger partial charge in [-0.2, -0.15) is 0 Å². The van der Waals surface area contributed by atoms with Crippen molar-refractivity contribution in [1.82, 2.24) is 0 Å². The zero-order valence-electron chi connectivity index (χ0n) is 12.2. The molecule has 0 radical (unpaired) electrons. The zero-order valence-corrected chi connectivity index (χ0v) is 12.2. The van der Waals surface area contributed by atoms with Crippen LogP contribution in [0.1, 0.15) is 59.3 Å². The minimum absolute atomic E-state index is 0.245. The molecule has 2 saturated heterocycles. The molecule has 0 bridgehead atoms. The number of ether oxygens (including phenoxy) is 2. The van der Waals surface area contributed by atoms with Crippen LogP contribution >= 0.6 is 0 Å². The minimum atomic E-state index is 0.245. The Bertz CT molecular complexity index is 303. The van der Waals surface area contributed by atoms with E-state index in [1.54, 1.807) is 0 Å². The monoisotopic (exact) mass is 252 g/mol. The standard InChI is InChI=1S/C16H28O2/c1-4-13(14-6-5-9-17-11(14)2)12-7-8-15-16(3,10-12)18-15/h11-15H,4-10H2,1-3H3. The van der Waals surface area contributed by atoms with E-state index in [1.165, 1.54) is 38.5 Å². The molecule has 0 amide bonds. The second-order valence-corrected chi connectivity index (χ2v) is 6.91. The third-order valence-corrected chi connectivity index (χ3v) is 5.79. The van der Waals surface area contributed by atoms with Crippen molar-refractivity contribution in [3.05, 3.63) is 0 Å². The van der Waals surface area contributed by atoms with E-state index < -0.39 is 0 Å². The third-order valence-electron chi connectivity index (χ3n) is 5.79. The van der Waals surface area contributed by atoms with Crippen LogP contribution in [0.15, 0.2) is 0 Å². The van der Waals surface area contributed by atoms with Crippen molar-refractivity contribution in [2.24, 2.45) is 17.8 Å². The fourth-order valence-electron chi connectivity index (χ4n) is 4.68. The number of fused-ring (bicyclic) bond motifs is 1. The lowest BCUT2D eigenvalue weighted by atomic mass is 9.67. The lowest BCUT2D eigenvalue weighted by molar-refractivity contribution is -0.0505. The van der Waals surface area contributed by atoms with Gasteiger partial charge in [-0.25, -0.2) is 0 Å². The van der Waals surface area contributed by atoms with Gasteiger partial charge in [-0.05, 0) is 63.7 Å². The Kier molecular flexibility index (Phi) is 3.44. The Morgan fingerprint density at radius 3 is 2.78 bits per heavy atom. The van der Waals surface area contributed by atoms with Crippen molar-refractivity contribution < 1.29 is 9.47 Å². The fraction of sp³-hybridized carbons (Fsp3) is 1.00. The third kappa shape index (κ3) is 2.22. The van der Waals surface area contributed by atoms with Crippen LogP contribution < -0.4 is 0 Å². The summed E-state index contributed by atoms with van der Waals surface area (Å²) >= 11 is 0. The van der Waals surface area contributed by atoms with Crippen LogP contribution in [-0.2, 0) is 9.47 Å². The highest BCUT2D eigenvalue weighted by molar-refractivity contribution is 5.05. The molecule has 0 N–H and O–H groups in total. The Morgan fingerprint density at radius 2 is 2.11 bits per heavy atom. The summed E-state index contributed by atoms with van der Waals surface area (Å²) in [5.74, 6) is 2.50. The molecule has 6 unspecified atom stereocenters. The van der Waals surface area contributed by atoms with Gasteiger partial charge < -0.3 is 9.47 Å². The molecule has 2 heterocycles. The lowest BCUT2D eigenvalue weighted by Crippen LogP contribution is -2.38. The summed E-state index contributed by atoms with van der Waals surface area (Å²) in [5, 5.41) is 0. The van der Waals surface area contributed by atoms with E-state index in [0.717, 1.165) is 24.4 Å². The molecule has 3 fully saturated rings. The van der Waals surface area contributed by atoms with Crippen molar-refractivity contribution in [3.8, 4) is 0 Å². The normalized spacial score (nSPS) is 49.5. The van der Waals surface area contributed by atoms with Gasteiger partial charge in [0.25, 0.3) is 0 Å². The maximum Gasteiger partial charge on any atom is 0.0923 e. The maximum absolute atomic E-state index is 5.90. The van der Waals surface area contributed by atoms with Gasteiger partial charge in [0.15, 0.2) is 0 Å². The first kappa shape index (κ1) is 12.9. The highest BCUT2D eigenvalue weighted by Gasteiger charge is 2.56. The van der Waals surface area contributed by atoms with Crippen molar-refractivity contribution in [2.45, 2.75) is 77.1 Å². The van der Waals surface area contributed by atoms with Crippen LogP contribution in [0.3, 0.4) is 0 Å². The van der Waals surface area contributed by atoms with Crippen molar-refractivity contribution in [1.29, 1.82) is 0 Å². The summed E-state index contributed by atoms with van der Waals surface area (Å²) < 4.78 is 11.8. The van der Waals surface area contributed by atoms with Crippen molar-refractivity contribution in [3.63, 3.8) is 0 Å². The topological polar surface area (TPSA) is 21.8 Å². The van der Waals surface area contributed by atoms with Crippen LogP contribution in [0.25, 0.3) is 0 Å². The summed E-state index contributed by atoms with van der Waals surface area (Å²) in [6.07, 6.45) is 8.96. The van der Waals surface area contributed by atoms with Gasteiger partial charge in [0.2, 0.25) is 0 Å². The highest BCUT2D eigenvalue weighted by atomic mass is 16.6. The first-order chi connectivity index (χ1) is 8.64. The number of hydrogen-bond acceptors (Lipinski definition) is 2. The molecular formula is C16H28O2. The molecule has 0 aromatic rings. The van der Waals surface area contributed by atoms with Gasteiger partial charge in [0.05, 0.1) is 17.8 Å². The minimum Gasteiger partial charge on any atom is -0.378 e. The van der Waals surface area contributed by atoms with E-state index in [1.807, 2.05) is 0 Å². The van der Waals surface area contributed by atoms with Gasteiger partial charge in [-0.15, -0.1) is 0 Å². The summed E-state index contributed by atoms with van der Waals surface area (Å²) in [5.41, 5.74) is 0.245. The average molecular weight is 252 g/mol. The van der Waals surface area contributed by atoms with Crippen LogP contribution in [0.5, 0.6) is 0 Å². The Balaban J connectivity index is 1.67. The maximum atomic E-state index is 5.90. The lowest BCUT2D eigenvalue weighted by Gasteiger charge is -2.40. The molecule has 2 heteroatoms. The van der Waals surface area contributed by atoms with E-state index in [9.17, 15) is 0 Å². The van der Waals surface area contributed by atoms with Crippen LogP contribution in [0, 0.1) is 17.8 Å². The second-order valence-electron chi connectivity index (χ2n) is 6.91. The summed E-state index contributed by atoms with van der Waals surface area (Å²) in [6.45, 7) is 7.95.